The van der Waals surface area contributed by atoms with E-state index >= 15 is 0 Å². The summed E-state index contributed by atoms with van der Waals surface area (Å²) in [6.07, 6.45) is 0. The van der Waals surface area contributed by atoms with Crippen molar-refractivity contribution in [2.24, 2.45) is 0 Å². The highest BCUT2D eigenvalue weighted by atomic mass is 16.5. The quantitative estimate of drug-likeness (QED) is 0.531. The van der Waals surface area contributed by atoms with Crippen molar-refractivity contribution < 1.29 is 18.3 Å². The van der Waals surface area contributed by atoms with E-state index in [0.29, 0.717) is 22.6 Å². The maximum atomic E-state index is 12.0. The fourth-order valence-corrected chi connectivity index (χ4v) is 2.27. The lowest BCUT2D eigenvalue weighted by Crippen LogP contribution is -2.12. The highest BCUT2D eigenvalue weighted by Crippen LogP contribution is 2.34. The van der Waals surface area contributed by atoms with E-state index in [1.165, 1.54) is 26.4 Å². The molecule has 0 amide bonds. The van der Waals surface area contributed by atoms with Gasteiger partial charge in [0, 0.05) is 12.1 Å². The normalized spacial score (nSPS) is 11.0. The average Bonchev–Trinajstić information content (AvgIpc) is 2.45. The van der Waals surface area contributed by atoms with Gasteiger partial charge < -0.3 is 18.3 Å². The summed E-state index contributed by atoms with van der Waals surface area (Å²) < 4.78 is 21.1. The Labute approximate surface area is 118 Å². The molecule has 1 aromatic carbocycles. The predicted molar refractivity (Wildman–Crippen MR) is 76.4 cm³/mol. The second-order valence-corrected chi connectivity index (χ2v) is 4.52. The van der Waals surface area contributed by atoms with Crippen LogP contribution in [0.3, 0.4) is 0 Å². The van der Waals surface area contributed by atoms with Gasteiger partial charge >= 0.3 is 5.63 Å². The summed E-state index contributed by atoms with van der Waals surface area (Å²) in [4.78, 5) is 23.9. The molecule has 3 aromatic rings. The Kier molecular flexibility index (Phi) is 2.94. The second-order valence-electron chi connectivity index (χ2n) is 4.52. The summed E-state index contributed by atoms with van der Waals surface area (Å²) in [5, 5.41) is 0.364. The zero-order valence-electron chi connectivity index (χ0n) is 11.7. The van der Waals surface area contributed by atoms with Crippen LogP contribution in [0.15, 0.2) is 36.6 Å². The third-order valence-corrected chi connectivity index (χ3v) is 3.21. The minimum Gasteiger partial charge on any atom is -0.493 e. The van der Waals surface area contributed by atoms with Crippen LogP contribution >= 0.6 is 0 Å². The van der Waals surface area contributed by atoms with E-state index in [-0.39, 0.29) is 16.6 Å². The molecule has 0 fully saturated rings. The summed E-state index contributed by atoms with van der Waals surface area (Å²) in [5.41, 5.74) is -0.719. The van der Waals surface area contributed by atoms with Gasteiger partial charge in [0.05, 0.1) is 19.6 Å². The van der Waals surface area contributed by atoms with Crippen LogP contribution in [0.1, 0.15) is 5.76 Å². The number of hydrogen-bond acceptors (Lipinski definition) is 6. The van der Waals surface area contributed by atoms with Crippen molar-refractivity contribution in [3.8, 4) is 11.5 Å². The monoisotopic (exact) mass is 288 g/mol. The van der Waals surface area contributed by atoms with E-state index in [1.807, 2.05) is 0 Å². The van der Waals surface area contributed by atoms with Crippen molar-refractivity contribution in [3.63, 3.8) is 0 Å². The smallest absolute Gasteiger partial charge is 0.351 e. The van der Waals surface area contributed by atoms with E-state index in [2.05, 4.69) is 0 Å². The van der Waals surface area contributed by atoms with Gasteiger partial charge in [-0.2, -0.15) is 0 Å². The molecule has 21 heavy (non-hydrogen) atoms. The van der Waals surface area contributed by atoms with Crippen LogP contribution in [0.5, 0.6) is 11.5 Å². The molecular formula is C15H12O6. The van der Waals surface area contributed by atoms with Crippen molar-refractivity contribution in [2.75, 3.05) is 14.2 Å². The molecule has 6 nitrogen and oxygen atoms in total. The summed E-state index contributed by atoms with van der Waals surface area (Å²) in [5.74, 6) is 1.28. The van der Waals surface area contributed by atoms with Gasteiger partial charge in [-0.25, -0.2) is 4.79 Å². The predicted octanol–water partition coefficient (Wildman–Crippen LogP) is 2.23. The van der Waals surface area contributed by atoms with Gasteiger partial charge in [0.2, 0.25) is 0 Å². The Morgan fingerprint density at radius 1 is 0.952 bits per heavy atom. The Hall–Kier alpha value is -2.76. The van der Waals surface area contributed by atoms with Crippen molar-refractivity contribution in [1.82, 2.24) is 0 Å². The van der Waals surface area contributed by atoms with Gasteiger partial charge in [-0.15, -0.1) is 0 Å². The molecule has 108 valence electrons. The summed E-state index contributed by atoms with van der Waals surface area (Å²) in [6, 6.07) is 4.39. The van der Waals surface area contributed by atoms with E-state index in [4.69, 9.17) is 18.3 Å². The van der Waals surface area contributed by atoms with Crippen molar-refractivity contribution in [2.45, 2.75) is 6.92 Å². The summed E-state index contributed by atoms with van der Waals surface area (Å²) in [7, 11) is 2.97. The largest absolute Gasteiger partial charge is 0.493 e. The lowest BCUT2D eigenvalue weighted by Gasteiger charge is -2.09. The number of benzene rings is 1. The lowest BCUT2D eigenvalue weighted by atomic mass is 10.1. The molecule has 0 unspecified atom stereocenters. The maximum absolute atomic E-state index is 12.0. The van der Waals surface area contributed by atoms with Crippen molar-refractivity contribution >= 4 is 21.9 Å². The van der Waals surface area contributed by atoms with Gasteiger partial charge in [0.25, 0.3) is 0 Å². The standard InChI is InChI=1S/C15H12O6/c1-7-4-9(16)13-14(20-7)8-5-11(18-2)12(19-3)6-10(8)21-15(13)17/h4-6H,1-3H3. The SMILES string of the molecule is COc1cc2oc(=O)c3c(=O)cc(C)oc3c2cc1OC. The first-order valence-corrected chi connectivity index (χ1v) is 6.18. The summed E-state index contributed by atoms with van der Waals surface area (Å²) >= 11 is 0. The first-order chi connectivity index (χ1) is 10.0. The molecule has 0 spiro atoms. The van der Waals surface area contributed by atoms with Crippen LogP contribution in [0, 0.1) is 6.92 Å². The number of methoxy groups -OCH3 is 2. The molecule has 2 aromatic heterocycles. The molecule has 0 saturated heterocycles. The first-order valence-electron chi connectivity index (χ1n) is 6.18. The maximum Gasteiger partial charge on any atom is 0.351 e. The molecule has 0 atom stereocenters. The van der Waals surface area contributed by atoms with Gasteiger partial charge in [0.15, 0.2) is 27.9 Å². The molecule has 6 heteroatoms. The van der Waals surface area contributed by atoms with Crippen molar-refractivity contribution in [1.29, 1.82) is 0 Å². The van der Waals surface area contributed by atoms with Crippen molar-refractivity contribution in [3.05, 3.63) is 44.6 Å². The highest BCUT2D eigenvalue weighted by molar-refractivity contribution is 6.01. The van der Waals surface area contributed by atoms with E-state index in [1.54, 1.807) is 13.0 Å². The van der Waals surface area contributed by atoms with E-state index in [9.17, 15) is 9.59 Å². The fourth-order valence-electron chi connectivity index (χ4n) is 2.27. The minimum absolute atomic E-state index is 0.111. The van der Waals surface area contributed by atoms with E-state index in [0.717, 1.165) is 0 Å². The van der Waals surface area contributed by atoms with Crippen LogP contribution in [-0.2, 0) is 0 Å². The minimum atomic E-state index is -0.738. The van der Waals surface area contributed by atoms with Crippen LogP contribution in [-0.4, -0.2) is 14.2 Å². The molecule has 0 saturated carbocycles. The Bertz CT molecular complexity index is 964. The average molecular weight is 288 g/mol. The topological polar surface area (TPSA) is 78.9 Å². The van der Waals surface area contributed by atoms with Crippen LogP contribution < -0.4 is 20.5 Å². The Balaban J connectivity index is 2.59. The summed E-state index contributed by atoms with van der Waals surface area (Å²) in [6.45, 7) is 1.64. The zero-order valence-corrected chi connectivity index (χ0v) is 11.7. The molecule has 0 bridgehead atoms. The number of fused-ring (bicyclic) bond motifs is 3. The molecule has 0 aliphatic rings. The zero-order chi connectivity index (χ0) is 15.1. The molecule has 0 N–H and O–H groups in total. The molecule has 0 radical (unpaired) electrons. The van der Waals surface area contributed by atoms with Gasteiger partial charge in [-0.05, 0) is 13.0 Å². The van der Waals surface area contributed by atoms with Crippen LogP contribution in [0.2, 0.25) is 0 Å². The lowest BCUT2D eigenvalue weighted by molar-refractivity contribution is 0.355. The van der Waals surface area contributed by atoms with Gasteiger partial charge in [0.1, 0.15) is 11.3 Å². The molecular weight excluding hydrogens is 276 g/mol. The Morgan fingerprint density at radius 3 is 2.29 bits per heavy atom. The van der Waals surface area contributed by atoms with Gasteiger partial charge in [-0.3, -0.25) is 4.79 Å². The molecule has 2 heterocycles. The number of hydrogen-bond donors (Lipinski definition) is 0. The van der Waals surface area contributed by atoms with Gasteiger partial charge in [-0.1, -0.05) is 0 Å². The highest BCUT2D eigenvalue weighted by Gasteiger charge is 2.16. The van der Waals surface area contributed by atoms with Crippen LogP contribution in [0.25, 0.3) is 21.9 Å². The molecule has 3 rings (SSSR count). The Morgan fingerprint density at radius 2 is 1.62 bits per heavy atom. The fraction of sp³-hybridized carbons (Fsp3) is 0.200. The number of ether oxygens (including phenoxy) is 2. The third-order valence-electron chi connectivity index (χ3n) is 3.21. The number of rotatable bonds is 2. The third kappa shape index (κ3) is 1.96. The van der Waals surface area contributed by atoms with E-state index < -0.39 is 11.1 Å². The first kappa shape index (κ1) is 13.2. The molecule has 0 aliphatic heterocycles. The molecule has 0 aliphatic carbocycles. The number of aryl methyl sites for hydroxylation is 1. The van der Waals surface area contributed by atoms with Crippen LogP contribution in [0.4, 0.5) is 0 Å². The second kappa shape index (κ2) is 4.66.